The number of benzene rings is 1. The molecule has 1 aliphatic carbocycles. The molecule has 1 aromatic carbocycles. The molecule has 1 aliphatic rings. The lowest BCUT2D eigenvalue weighted by Gasteiger charge is -2.22. The van der Waals surface area contributed by atoms with Gasteiger partial charge in [-0.15, -0.1) is 0 Å². The average molecular weight is 540 g/mol. The van der Waals surface area contributed by atoms with Crippen LogP contribution in [0.5, 0.6) is 0 Å². The summed E-state index contributed by atoms with van der Waals surface area (Å²) in [5.41, 5.74) is 0.765. The number of nitrogens with one attached hydrogen (secondary N) is 1. The third-order valence-electron chi connectivity index (χ3n) is 5.58. The van der Waals surface area contributed by atoms with Crippen LogP contribution in [-0.2, 0) is 40.2 Å². The Bertz CT molecular complexity index is 1320. The molecule has 0 unspecified atom stereocenters. The van der Waals surface area contributed by atoms with Gasteiger partial charge in [0.05, 0.1) is 29.5 Å². The number of fused-ring (bicyclic) bond motifs is 1. The monoisotopic (exact) mass is 539 g/mol. The van der Waals surface area contributed by atoms with E-state index in [0.29, 0.717) is 10.2 Å². The van der Waals surface area contributed by atoms with Crippen LogP contribution in [0.2, 0.25) is 0 Å². The normalized spacial score (nSPS) is 15.0. The minimum atomic E-state index is -4.06. The highest BCUT2D eigenvalue weighted by molar-refractivity contribution is 7.92. The van der Waals surface area contributed by atoms with Crippen LogP contribution in [-0.4, -0.2) is 68.0 Å². The SMILES string of the molecule is CCOC(=O)Cn1c(=NC(=O)CS(=O)(=O)CC(=O)NC2CCCCC2)sc2cc(C(=O)OC)ccc21. The number of thiazole rings is 1. The summed E-state index contributed by atoms with van der Waals surface area (Å²) in [6.45, 7) is 1.54. The first-order valence-corrected chi connectivity index (χ1v) is 14.2. The Morgan fingerprint density at radius 1 is 1.14 bits per heavy atom. The Morgan fingerprint density at radius 3 is 2.53 bits per heavy atom. The number of nitrogens with zero attached hydrogens (tertiary/aromatic N) is 2. The molecule has 11 nitrogen and oxygen atoms in total. The fraction of sp³-hybridized carbons (Fsp3) is 0.522. The zero-order valence-corrected chi connectivity index (χ0v) is 21.8. The third kappa shape index (κ3) is 7.47. The fourth-order valence-electron chi connectivity index (χ4n) is 3.99. The lowest BCUT2D eigenvalue weighted by molar-refractivity contribution is -0.143. The molecule has 196 valence electrons. The number of carbonyl (C=O) groups excluding carboxylic acids is 4. The summed E-state index contributed by atoms with van der Waals surface area (Å²) in [5.74, 6) is -4.50. The van der Waals surface area contributed by atoms with Crippen LogP contribution < -0.4 is 10.1 Å². The van der Waals surface area contributed by atoms with Crippen LogP contribution in [0.15, 0.2) is 23.2 Å². The molecule has 1 saturated carbocycles. The third-order valence-corrected chi connectivity index (χ3v) is 8.01. The van der Waals surface area contributed by atoms with Crippen molar-refractivity contribution in [3.63, 3.8) is 0 Å². The summed E-state index contributed by atoms with van der Waals surface area (Å²) in [6.07, 6.45) is 4.68. The van der Waals surface area contributed by atoms with E-state index < -0.39 is 45.1 Å². The summed E-state index contributed by atoms with van der Waals surface area (Å²) < 4.78 is 36.6. The van der Waals surface area contributed by atoms with Crippen molar-refractivity contribution < 1.29 is 37.1 Å². The molecule has 1 fully saturated rings. The zero-order valence-electron chi connectivity index (χ0n) is 20.2. The highest BCUT2D eigenvalue weighted by Gasteiger charge is 2.24. The highest BCUT2D eigenvalue weighted by atomic mass is 32.2. The molecule has 1 heterocycles. The quantitative estimate of drug-likeness (QED) is 0.469. The first kappa shape index (κ1) is 27.5. The van der Waals surface area contributed by atoms with E-state index in [9.17, 15) is 27.6 Å². The molecule has 3 rings (SSSR count). The Morgan fingerprint density at radius 2 is 1.86 bits per heavy atom. The Hall–Kier alpha value is -3.06. The molecule has 13 heteroatoms. The molecule has 0 radical (unpaired) electrons. The van der Waals surface area contributed by atoms with Crippen LogP contribution in [0.4, 0.5) is 0 Å². The molecule has 0 aliphatic heterocycles. The van der Waals surface area contributed by atoms with Gasteiger partial charge in [0.15, 0.2) is 14.6 Å². The van der Waals surface area contributed by atoms with Crippen molar-refractivity contribution in [3.05, 3.63) is 28.6 Å². The topological polar surface area (TPSA) is 150 Å². The number of aromatic nitrogens is 1. The van der Waals surface area contributed by atoms with Crippen molar-refractivity contribution in [2.24, 2.45) is 4.99 Å². The van der Waals surface area contributed by atoms with E-state index in [0.717, 1.165) is 43.4 Å². The highest BCUT2D eigenvalue weighted by Crippen LogP contribution is 2.20. The molecule has 0 bridgehead atoms. The summed E-state index contributed by atoms with van der Waals surface area (Å²) in [4.78, 5) is 52.8. The smallest absolute Gasteiger partial charge is 0.337 e. The summed E-state index contributed by atoms with van der Waals surface area (Å²) in [5, 5.41) is 2.73. The summed E-state index contributed by atoms with van der Waals surface area (Å²) >= 11 is 1.00. The van der Waals surface area contributed by atoms with E-state index in [1.807, 2.05) is 0 Å². The van der Waals surface area contributed by atoms with Gasteiger partial charge in [0.25, 0.3) is 5.91 Å². The molecule has 2 aromatic rings. The predicted octanol–water partition coefficient (Wildman–Crippen LogP) is 1.34. The number of hydrogen-bond acceptors (Lipinski definition) is 9. The predicted molar refractivity (Wildman–Crippen MR) is 132 cm³/mol. The lowest BCUT2D eigenvalue weighted by atomic mass is 9.95. The number of rotatable bonds is 9. The molecule has 2 amide bonds. The van der Waals surface area contributed by atoms with Crippen LogP contribution in [0.25, 0.3) is 10.2 Å². The van der Waals surface area contributed by atoms with E-state index in [4.69, 9.17) is 9.47 Å². The zero-order chi connectivity index (χ0) is 26.3. The van der Waals surface area contributed by atoms with Crippen molar-refractivity contribution >= 4 is 55.1 Å². The van der Waals surface area contributed by atoms with E-state index in [1.165, 1.54) is 23.8 Å². The Labute approximate surface area is 212 Å². The minimum Gasteiger partial charge on any atom is -0.465 e. The fourth-order valence-corrected chi connectivity index (χ4v) is 6.10. The van der Waals surface area contributed by atoms with Crippen molar-refractivity contribution in [2.45, 2.75) is 51.6 Å². The van der Waals surface area contributed by atoms with Crippen molar-refractivity contribution in [1.29, 1.82) is 0 Å². The lowest BCUT2D eigenvalue weighted by Crippen LogP contribution is -2.40. The van der Waals surface area contributed by atoms with E-state index in [1.54, 1.807) is 13.0 Å². The van der Waals surface area contributed by atoms with Gasteiger partial charge in [-0.05, 0) is 38.0 Å². The molecule has 0 saturated heterocycles. The Balaban J connectivity index is 1.83. The van der Waals surface area contributed by atoms with Gasteiger partial charge in [0.2, 0.25) is 5.91 Å². The molecular formula is C23H29N3O8S2. The van der Waals surface area contributed by atoms with Crippen molar-refractivity contribution in [3.8, 4) is 0 Å². The second kappa shape index (κ2) is 12.3. The standard InChI is InChI=1S/C23H29N3O8S2/c1-3-34-21(29)12-26-17-10-9-15(22(30)33-2)11-18(17)35-23(26)25-20(28)14-36(31,32)13-19(27)24-16-7-5-4-6-8-16/h9-11,16H,3-8,12-14H2,1-2H3,(H,24,27). The maximum atomic E-state index is 12.6. The van der Waals surface area contributed by atoms with Crippen LogP contribution in [0.3, 0.4) is 0 Å². The van der Waals surface area contributed by atoms with Gasteiger partial charge in [0, 0.05) is 6.04 Å². The van der Waals surface area contributed by atoms with Crippen LogP contribution >= 0.6 is 11.3 Å². The van der Waals surface area contributed by atoms with Gasteiger partial charge in [-0.1, -0.05) is 30.6 Å². The van der Waals surface area contributed by atoms with Crippen molar-refractivity contribution in [2.75, 3.05) is 25.2 Å². The van der Waals surface area contributed by atoms with Gasteiger partial charge in [-0.3, -0.25) is 14.4 Å². The number of ether oxygens (including phenoxy) is 2. The summed E-state index contributed by atoms with van der Waals surface area (Å²) in [7, 11) is -2.81. The number of carbonyl (C=O) groups is 4. The number of esters is 2. The first-order valence-electron chi connectivity index (χ1n) is 11.6. The number of methoxy groups -OCH3 is 1. The number of sulfone groups is 1. The summed E-state index contributed by atoms with van der Waals surface area (Å²) in [6, 6.07) is 4.57. The molecule has 0 spiro atoms. The van der Waals surface area contributed by atoms with E-state index >= 15 is 0 Å². The molecular weight excluding hydrogens is 510 g/mol. The van der Waals surface area contributed by atoms with Gasteiger partial charge in [0.1, 0.15) is 18.1 Å². The maximum Gasteiger partial charge on any atom is 0.337 e. The molecule has 0 atom stereocenters. The average Bonchev–Trinajstić information content (AvgIpc) is 3.14. The van der Waals surface area contributed by atoms with Crippen LogP contribution in [0, 0.1) is 0 Å². The molecule has 1 aromatic heterocycles. The van der Waals surface area contributed by atoms with E-state index in [2.05, 4.69) is 10.3 Å². The minimum absolute atomic E-state index is 0.0443. The maximum absolute atomic E-state index is 12.6. The van der Waals surface area contributed by atoms with Crippen LogP contribution in [0.1, 0.15) is 49.4 Å². The van der Waals surface area contributed by atoms with Gasteiger partial charge < -0.3 is 19.4 Å². The molecule has 36 heavy (non-hydrogen) atoms. The van der Waals surface area contributed by atoms with Gasteiger partial charge in [-0.25, -0.2) is 13.2 Å². The second-order valence-corrected chi connectivity index (χ2v) is 11.5. The number of amides is 2. The van der Waals surface area contributed by atoms with Crippen molar-refractivity contribution in [1.82, 2.24) is 9.88 Å². The Kier molecular flexibility index (Phi) is 9.37. The van der Waals surface area contributed by atoms with Gasteiger partial charge >= 0.3 is 11.9 Å². The van der Waals surface area contributed by atoms with Gasteiger partial charge in [-0.2, -0.15) is 4.99 Å². The first-order chi connectivity index (χ1) is 17.1. The number of hydrogen-bond donors (Lipinski definition) is 1. The second-order valence-electron chi connectivity index (χ2n) is 8.39. The largest absolute Gasteiger partial charge is 0.465 e. The van der Waals surface area contributed by atoms with E-state index in [-0.39, 0.29) is 29.6 Å². The molecule has 1 N–H and O–H groups in total.